The molecule has 0 aromatic heterocycles. The summed E-state index contributed by atoms with van der Waals surface area (Å²) < 4.78 is 36.3. The highest BCUT2D eigenvalue weighted by Gasteiger charge is 2.07. The van der Waals surface area contributed by atoms with Crippen LogP contribution in [0.5, 0.6) is 0 Å². The second-order valence-corrected chi connectivity index (χ2v) is 3.13. The van der Waals surface area contributed by atoms with E-state index in [0.717, 1.165) is 5.31 Å². The quantitative estimate of drug-likeness (QED) is 0.657. The summed E-state index contributed by atoms with van der Waals surface area (Å²) in [5, 5.41) is 4.44. The van der Waals surface area contributed by atoms with Gasteiger partial charge in [0.1, 0.15) is 1.41 Å². The number of carboxylic acid groups (broad SMARTS) is 1. The van der Waals surface area contributed by atoms with Gasteiger partial charge >= 0.3 is 5.97 Å². The van der Waals surface area contributed by atoms with E-state index in [0.29, 0.717) is 0 Å². The fourth-order valence-corrected chi connectivity index (χ4v) is 0.388. The second kappa shape index (κ2) is 4.34. The topological polar surface area (TPSA) is 49.3 Å². The fourth-order valence-electron chi connectivity index (χ4n) is 0.388. The summed E-state index contributed by atoms with van der Waals surface area (Å²) >= 11 is 0. The van der Waals surface area contributed by atoms with E-state index in [1.165, 1.54) is 0 Å². The molecule has 0 radical (unpaired) electrons. The average molecular weight is 164 g/mol. The van der Waals surface area contributed by atoms with Crippen molar-refractivity contribution >= 4 is 5.97 Å². The van der Waals surface area contributed by atoms with Gasteiger partial charge in [0.05, 0.1) is 0 Å². The van der Waals surface area contributed by atoms with Gasteiger partial charge in [0, 0.05) is 16.0 Å². The smallest absolute Gasteiger partial charge is 0.303 e. The van der Waals surface area contributed by atoms with Crippen molar-refractivity contribution in [2.24, 2.45) is 0 Å². The lowest BCUT2D eigenvalue weighted by molar-refractivity contribution is -0.137. The number of nitrogens with one attached hydrogen (secondary N) is 1. The highest BCUT2D eigenvalue weighted by Crippen LogP contribution is 1.98. The van der Waals surface area contributed by atoms with Gasteiger partial charge in [-0.2, -0.15) is 0 Å². The van der Waals surface area contributed by atoms with E-state index in [9.17, 15) is 4.79 Å². The molecule has 0 aliphatic carbocycles. The van der Waals surface area contributed by atoms with Crippen LogP contribution in [0.25, 0.3) is 1.43 Å². The third kappa shape index (κ3) is 9.43. The largest absolute Gasteiger partial charge is 0.481 e. The van der Waals surface area contributed by atoms with Crippen molar-refractivity contribution in [3.8, 4) is 0 Å². The lowest BCUT2D eigenvalue weighted by atomic mass is 10.1. The normalized spacial score (nSPS) is 26.7. The molecule has 3 heteroatoms. The average Bonchev–Trinajstić information content (AvgIpc) is 2.22. The van der Waals surface area contributed by atoms with Crippen LogP contribution in [0.4, 0.5) is 0 Å². The maximum atomic E-state index is 10.8. The number of rotatable bonds is 4. The third-order valence-corrected chi connectivity index (χ3v) is 0.780. The molecule has 0 aromatic rings. The Bertz CT molecular complexity index is 245. The highest BCUT2D eigenvalue weighted by molar-refractivity contribution is 5.66. The first-order valence-electron chi connectivity index (χ1n) is 5.93. The molecule has 0 spiro atoms. The molecular formula is C8H17NO2. The van der Waals surface area contributed by atoms with Crippen LogP contribution < -0.4 is 5.31 Å². The zero-order valence-electron chi connectivity index (χ0n) is 12.0. The molecule has 3 unspecified atom stereocenters. The summed E-state index contributed by atoms with van der Waals surface area (Å²) in [6.45, 7) is 3.73. The molecule has 0 amide bonds. The van der Waals surface area contributed by atoms with Crippen LogP contribution in [-0.4, -0.2) is 23.1 Å². The predicted octanol–water partition coefficient (Wildman–Crippen LogP) is 1.24. The fraction of sp³-hybridized carbons (Fsp3) is 0.875. The first-order chi connectivity index (χ1) is 7.12. The molecule has 66 valence electrons. The van der Waals surface area contributed by atoms with Gasteiger partial charge in [-0.15, -0.1) is 0 Å². The monoisotopic (exact) mass is 164 g/mol. The molecule has 0 rings (SSSR count). The SMILES string of the molecule is [2H]OC(=O)C([2H])C([2H])C([2H])N([2H])C(C)(C)C. The van der Waals surface area contributed by atoms with Gasteiger partial charge in [-0.1, -0.05) is 0 Å². The molecule has 3 nitrogen and oxygen atoms in total. The van der Waals surface area contributed by atoms with E-state index in [2.05, 4.69) is 5.11 Å². The Hall–Kier alpha value is -0.570. The molecule has 0 bridgehead atoms. The van der Waals surface area contributed by atoms with Gasteiger partial charge in [0.25, 0.3) is 1.43 Å². The Morgan fingerprint density at radius 1 is 1.82 bits per heavy atom. The van der Waals surface area contributed by atoms with Crippen LogP contribution in [-0.2, 0) is 4.79 Å². The van der Waals surface area contributed by atoms with Crippen molar-refractivity contribution in [1.82, 2.24) is 5.31 Å². The maximum Gasteiger partial charge on any atom is 0.303 e. The number of carbonyl (C=O) groups is 1. The number of carboxylic acids is 1. The number of aliphatic carboxylic acids is 1. The van der Waals surface area contributed by atoms with Gasteiger partial charge in [0.15, 0.2) is 0 Å². The Labute approximate surface area is 75.0 Å². The van der Waals surface area contributed by atoms with Crippen molar-refractivity contribution < 1.29 is 15.4 Å². The van der Waals surface area contributed by atoms with Crippen molar-refractivity contribution in [3.05, 3.63) is 0 Å². The van der Waals surface area contributed by atoms with E-state index in [4.69, 9.17) is 6.96 Å². The van der Waals surface area contributed by atoms with Crippen molar-refractivity contribution in [2.75, 3.05) is 6.52 Å². The molecule has 0 fully saturated rings. The minimum Gasteiger partial charge on any atom is -0.481 e. The third-order valence-electron chi connectivity index (χ3n) is 0.780. The molecule has 2 N–H and O–H groups in total. The molecule has 0 saturated carbocycles. The Morgan fingerprint density at radius 2 is 2.45 bits per heavy atom. The van der Waals surface area contributed by atoms with Crippen molar-refractivity contribution in [2.45, 2.75) is 39.1 Å². The molecule has 0 aliphatic rings. The van der Waals surface area contributed by atoms with Crippen molar-refractivity contribution in [3.63, 3.8) is 0 Å². The van der Waals surface area contributed by atoms with Crippen LogP contribution in [0.15, 0.2) is 0 Å². The van der Waals surface area contributed by atoms with Gasteiger partial charge in [-0.05, 0) is 33.7 Å². The van der Waals surface area contributed by atoms with Crippen molar-refractivity contribution in [1.29, 1.82) is 1.43 Å². The highest BCUT2D eigenvalue weighted by atomic mass is 16.4. The number of hydrogen-bond donors (Lipinski definition) is 2. The zero-order chi connectivity index (χ0) is 13.1. The van der Waals surface area contributed by atoms with Crippen LogP contribution in [0.1, 0.15) is 37.7 Å². The van der Waals surface area contributed by atoms with E-state index in [-0.39, 0.29) is 0 Å². The maximum absolute atomic E-state index is 10.8. The summed E-state index contributed by atoms with van der Waals surface area (Å²) in [7, 11) is 0. The summed E-state index contributed by atoms with van der Waals surface area (Å²) in [5.74, 6) is -1.18. The van der Waals surface area contributed by atoms with E-state index in [1.54, 1.807) is 20.8 Å². The Morgan fingerprint density at radius 3 is 2.91 bits per heavy atom. The lowest BCUT2D eigenvalue weighted by Gasteiger charge is -2.19. The van der Waals surface area contributed by atoms with Crippen LogP contribution >= 0.6 is 0 Å². The summed E-state index contributed by atoms with van der Waals surface area (Å²) in [6, 6.07) is 0. The van der Waals surface area contributed by atoms with E-state index >= 15 is 0 Å². The van der Waals surface area contributed by atoms with Gasteiger partial charge in [0.2, 0.25) is 0 Å². The molecule has 3 atom stereocenters. The van der Waals surface area contributed by atoms with E-state index < -0.39 is 30.8 Å². The van der Waals surface area contributed by atoms with Crippen LogP contribution in [0.2, 0.25) is 1.41 Å². The van der Waals surface area contributed by atoms with Gasteiger partial charge in [-0.3, -0.25) is 4.79 Å². The molecule has 0 aliphatic heterocycles. The Kier molecular flexibility index (Phi) is 1.76. The summed E-state index contributed by atoms with van der Waals surface area (Å²) in [6.07, 6.45) is -3.09. The first-order valence-corrected chi connectivity index (χ1v) is 3.35. The zero-order valence-corrected chi connectivity index (χ0v) is 7.00. The van der Waals surface area contributed by atoms with Gasteiger partial charge in [-0.25, -0.2) is 0 Å². The molecular weight excluding hydrogens is 142 g/mol. The minimum atomic E-state index is -1.64. The minimum absolute atomic E-state index is 0.656. The molecule has 0 heterocycles. The van der Waals surface area contributed by atoms with Crippen LogP contribution in [0, 0.1) is 0 Å². The van der Waals surface area contributed by atoms with Crippen LogP contribution in [0.3, 0.4) is 0 Å². The molecule has 0 aromatic carbocycles. The molecule has 0 saturated heterocycles. The second-order valence-electron chi connectivity index (χ2n) is 3.13. The molecule has 11 heavy (non-hydrogen) atoms. The predicted molar refractivity (Wildman–Crippen MR) is 44.6 cm³/mol. The standard InChI is InChI=1S/C8H17NO2/c1-8(2,3)9-6-4-5-7(10)11/h9H,4-6H2,1-3H3,(H,10,11)/i4D,5D,6D/hD2. The number of hydrogen-bond acceptors (Lipinski definition) is 3. The lowest BCUT2D eigenvalue weighted by Crippen LogP contribution is -2.36. The van der Waals surface area contributed by atoms with E-state index in [1.807, 2.05) is 0 Å². The summed E-state index contributed by atoms with van der Waals surface area (Å²) in [5.41, 5.74) is -0.656. The Balaban J connectivity index is 4.61. The summed E-state index contributed by atoms with van der Waals surface area (Å²) in [4.78, 5) is 10.8. The first kappa shape index (κ1) is 4.45. The van der Waals surface area contributed by atoms with Gasteiger partial charge < -0.3 is 10.4 Å².